The molecule has 24 heavy (non-hydrogen) atoms. The maximum absolute atomic E-state index is 11.7. The zero-order chi connectivity index (χ0) is 17.6. The van der Waals surface area contributed by atoms with Crippen LogP contribution in [0.2, 0.25) is 0 Å². The van der Waals surface area contributed by atoms with Crippen molar-refractivity contribution in [2.75, 3.05) is 26.4 Å². The topological polar surface area (TPSA) is 62.6 Å². The van der Waals surface area contributed by atoms with Crippen LogP contribution in [-0.4, -0.2) is 47.8 Å². The van der Waals surface area contributed by atoms with Crippen molar-refractivity contribution in [3.05, 3.63) is 30.0 Å². The number of carbonyl (C=O) groups excluding carboxylic acids is 1. The van der Waals surface area contributed by atoms with Gasteiger partial charge in [0.15, 0.2) is 0 Å². The molecule has 1 aromatic carbocycles. The predicted octanol–water partition coefficient (Wildman–Crippen LogP) is 2.49. The van der Waals surface area contributed by atoms with Gasteiger partial charge in [-0.15, -0.1) is 0 Å². The lowest BCUT2D eigenvalue weighted by molar-refractivity contribution is -0.153. The van der Waals surface area contributed by atoms with Crippen LogP contribution in [-0.2, 0) is 32.5 Å². The number of rotatable bonds is 2. The van der Waals surface area contributed by atoms with Gasteiger partial charge in [-0.2, -0.15) is 5.10 Å². The highest BCUT2D eigenvalue weighted by molar-refractivity contribution is 5.81. The van der Waals surface area contributed by atoms with Crippen molar-refractivity contribution in [1.29, 1.82) is 0 Å². The van der Waals surface area contributed by atoms with E-state index in [0.717, 1.165) is 42.9 Å². The summed E-state index contributed by atoms with van der Waals surface area (Å²) < 4.78 is 17.0. The monoisotopic (exact) mass is 334 g/mol. The van der Waals surface area contributed by atoms with Crippen LogP contribution >= 0.6 is 0 Å². The van der Waals surface area contributed by atoms with Crippen molar-refractivity contribution in [3.8, 4) is 0 Å². The van der Waals surface area contributed by atoms with Crippen molar-refractivity contribution in [1.82, 2.24) is 9.78 Å². The van der Waals surface area contributed by atoms with E-state index < -0.39 is 5.60 Å². The number of aryl methyl sites for hydroxylation is 1. The molecule has 2 aromatic rings. The van der Waals surface area contributed by atoms with E-state index in [1.807, 2.05) is 52.2 Å². The molecule has 0 saturated carbocycles. The van der Waals surface area contributed by atoms with Crippen LogP contribution in [0.1, 0.15) is 26.3 Å². The summed E-state index contributed by atoms with van der Waals surface area (Å²) in [7, 11) is 1.89. The third-order valence-electron chi connectivity index (χ3n) is 3.33. The summed E-state index contributed by atoms with van der Waals surface area (Å²) in [5.41, 5.74) is 1.53. The Hall–Kier alpha value is -1.92. The molecule has 0 amide bonds. The number of esters is 1. The van der Waals surface area contributed by atoms with Crippen molar-refractivity contribution in [2.24, 2.45) is 7.05 Å². The van der Waals surface area contributed by atoms with Gasteiger partial charge < -0.3 is 14.2 Å². The number of ether oxygens (including phenoxy) is 3. The molecular weight excluding hydrogens is 308 g/mol. The zero-order valence-electron chi connectivity index (χ0n) is 14.9. The minimum absolute atomic E-state index is 0.205. The number of fused-ring (bicyclic) bond motifs is 1. The summed E-state index contributed by atoms with van der Waals surface area (Å²) >= 11 is 0. The van der Waals surface area contributed by atoms with Gasteiger partial charge in [-0.1, -0.05) is 12.1 Å². The molecule has 0 atom stereocenters. The number of hydrogen-bond donors (Lipinski definition) is 0. The van der Waals surface area contributed by atoms with Gasteiger partial charge in [0, 0.05) is 12.4 Å². The van der Waals surface area contributed by atoms with Crippen LogP contribution in [0.15, 0.2) is 24.4 Å². The van der Waals surface area contributed by atoms with Gasteiger partial charge in [-0.3, -0.25) is 9.48 Å². The quantitative estimate of drug-likeness (QED) is 0.790. The molecule has 0 unspecified atom stereocenters. The van der Waals surface area contributed by atoms with E-state index in [9.17, 15) is 4.79 Å². The molecule has 1 aliphatic rings. The molecule has 3 rings (SSSR count). The molecule has 0 bridgehead atoms. The summed E-state index contributed by atoms with van der Waals surface area (Å²) in [6.45, 7) is 8.72. The highest BCUT2D eigenvalue weighted by Crippen LogP contribution is 2.16. The first-order chi connectivity index (χ1) is 11.3. The smallest absolute Gasteiger partial charge is 0.310 e. The highest BCUT2D eigenvalue weighted by atomic mass is 16.6. The molecule has 6 heteroatoms. The SMILES string of the molecule is C1COCCO1.Cn1ncc2ccc(CC(=O)OC(C)(C)C)cc21. The molecule has 0 N–H and O–H groups in total. The van der Waals surface area contributed by atoms with Gasteiger partial charge in [0.05, 0.1) is 44.6 Å². The minimum atomic E-state index is -0.437. The normalized spacial score (nSPS) is 14.8. The maximum Gasteiger partial charge on any atom is 0.310 e. The molecule has 2 heterocycles. The lowest BCUT2D eigenvalue weighted by Gasteiger charge is -2.19. The summed E-state index contributed by atoms with van der Waals surface area (Å²) in [6, 6.07) is 5.89. The number of benzene rings is 1. The molecule has 1 aromatic heterocycles. The molecule has 132 valence electrons. The molecule has 1 aliphatic heterocycles. The van der Waals surface area contributed by atoms with Gasteiger partial charge in [-0.25, -0.2) is 0 Å². The minimum Gasteiger partial charge on any atom is -0.460 e. The number of carbonyl (C=O) groups is 1. The fourth-order valence-corrected chi connectivity index (χ4v) is 2.28. The average molecular weight is 334 g/mol. The van der Waals surface area contributed by atoms with Crippen LogP contribution in [0.25, 0.3) is 10.9 Å². The first-order valence-corrected chi connectivity index (χ1v) is 8.13. The lowest BCUT2D eigenvalue weighted by atomic mass is 10.1. The molecule has 0 spiro atoms. The van der Waals surface area contributed by atoms with E-state index in [1.54, 1.807) is 4.68 Å². The average Bonchev–Trinajstić information content (AvgIpc) is 2.89. The van der Waals surface area contributed by atoms with Crippen LogP contribution in [0.4, 0.5) is 0 Å². The van der Waals surface area contributed by atoms with Gasteiger partial charge >= 0.3 is 5.97 Å². The molecule has 1 saturated heterocycles. The first kappa shape index (κ1) is 18.4. The van der Waals surface area contributed by atoms with Gasteiger partial charge in [0.1, 0.15) is 5.60 Å². The summed E-state index contributed by atoms with van der Waals surface area (Å²) in [5.74, 6) is -0.205. The van der Waals surface area contributed by atoms with Crippen LogP contribution in [0, 0.1) is 0 Å². The zero-order valence-corrected chi connectivity index (χ0v) is 14.9. The van der Waals surface area contributed by atoms with Crippen molar-refractivity contribution in [2.45, 2.75) is 32.8 Å². The predicted molar refractivity (Wildman–Crippen MR) is 91.9 cm³/mol. The second kappa shape index (κ2) is 8.26. The molecule has 6 nitrogen and oxygen atoms in total. The maximum atomic E-state index is 11.7. The Morgan fingerprint density at radius 1 is 1.21 bits per heavy atom. The van der Waals surface area contributed by atoms with Crippen molar-refractivity contribution < 1.29 is 19.0 Å². The van der Waals surface area contributed by atoms with Crippen LogP contribution in [0.5, 0.6) is 0 Å². The summed E-state index contributed by atoms with van der Waals surface area (Å²) in [6.07, 6.45) is 2.10. The Morgan fingerprint density at radius 2 is 1.83 bits per heavy atom. The first-order valence-electron chi connectivity index (χ1n) is 8.13. The van der Waals surface area contributed by atoms with E-state index in [-0.39, 0.29) is 5.97 Å². The van der Waals surface area contributed by atoms with Crippen LogP contribution in [0.3, 0.4) is 0 Å². The Balaban J connectivity index is 0.000000292. The standard InChI is InChI=1S/C14H18N2O2.C4H8O2/c1-14(2,3)18-13(17)8-10-5-6-11-9-15-16(4)12(11)7-10;1-2-6-4-3-5-1/h5-7,9H,8H2,1-4H3;1-4H2. The van der Waals surface area contributed by atoms with Gasteiger partial charge in [0.2, 0.25) is 0 Å². The summed E-state index contributed by atoms with van der Waals surface area (Å²) in [5, 5.41) is 5.25. The Labute approximate surface area is 142 Å². The van der Waals surface area contributed by atoms with Crippen molar-refractivity contribution in [3.63, 3.8) is 0 Å². The number of aromatic nitrogens is 2. The number of hydrogen-bond acceptors (Lipinski definition) is 5. The Morgan fingerprint density at radius 3 is 2.38 bits per heavy atom. The third kappa shape index (κ3) is 5.94. The fourth-order valence-electron chi connectivity index (χ4n) is 2.28. The van der Waals surface area contributed by atoms with Crippen molar-refractivity contribution >= 4 is 16.9 Å². The second-order valence-corrected chi connectivity index (χ2v) is 6.65. The van der Waals surface area contributed by atoms with E-state index >= 15 is 0 Å². The highest BCUT2D eigenvalue weighted by Gasteiger charge is 2.16. The molecule has 1 fully saturated rings. The van der Waals surface area contributed by atoms with Crippen LogP contribution < -0.4 is 0 Å². The lowest BCUT2D eigenvalue weighted by Crippen LogP contribution is -2.24. The Kier molecular flexibility index (Phi) is 6.34. The Bertz CT molecular complexity index is 658. The van der Waals surface area contributed by atoms with E-state index in [1.165, 1.54) is 0 Å². The van der Waals surface area contributed by atoms with Gasteiger partial charge in [-0.05, 0) is 32.4 Å². The number of nitrogens with zero attached hydrogens (tertiary/aromatic N) is 2. The second-order valence-electron chi connectivity index (χ2n) is 6.65. The summed E-state index contributed by atoms with van der Waals surface area (Å²) in [4.78, 5) is 11.7. The van der Waals surface area contributed by atoms with Gasteiger partial charge in [0.25, 0.3) is 0 Å². The largest absolute Gasteiger partial charge is 0.460 e. The third-order valence-corrected chi connectivity index (χ3v) is 3.33. The van der Waals surface area contributed by atoms with E-state index in [0.29, 0.717) is 6.42 Å². The molecular formula is C18H26N2O4. The van der Waals surface area contributed by atoms with E-state index in [4.69, 9.17) is 14.2 Å². The van der Waals surface area contributed by atoms with E-state index in [2.05, 4.69) is 5.10 Å². The molecule has 0 aliphatic carbocycles. The fraction of sp³-hybridized carbons (Fsp3) is 0.556. The molecule has 0 radical (unpaired) electrons.